The molecule has 2 heteroatoms. The third-order valence-corrected chi connectivity index (χ3v) is 6.46. The molecule has 0 fully saturated rings. The molecule has 0 aliphatic heterocycles. The summed E-state index contributed by atoms with van der Waals surface area (Å²) in [7, 11) is 2.21. The SMILES string of the molecule is Cn1c2cc3sc4ccccc4c3cc2c2cccc(C(C)(C)C)c21. The second-order valence-corrected chi connectivity index (χ2v) is 9.06. The average molecular weight is 343 g/mol. The summed E-state index contributed by atoms with van der Waals surface area (Å²) in [5.41, 5.74) is 4.24. The molecular formula is C23H21NS. The van der Waals surface area contributed by atoms with E-state index in [0.29, 0.717) is 0 Å². The highest BCUT2D eigenvalue weighted by atomic mass is 32.1. The molecule has 5 aromatic rings. The average Bonchev–Trinajstić information content (AvgIpc) is 3.08. The summed E-state index contributed by atoms with van der Waals surface area (Å²) in [5, 5.41) is 5.47. The number of hydrogen-bond donors (Lipinski definition) is 0. The second kappa shape index (κ2) is 4.86. The summed E-state index contributed by atoms with van der Waals surface area (Å²) >= 11 is 1.89. The van der Waals surface area contributed by atoms with Gasteiger partial charge in [-0.3, -0.25) is 0 Å². The van der Waals surface area contributed by atoms with E-state index in [1.165, 1.54) is 47.5 Å². The van der Waals surface area contributed by atoms with Crippen LogP contribution in [0.1, 0.15) is 26.3 Å². The van der Waals surface area contributed by atoms with Crippen molar-refractivity contribution in [3.8, 4) is 0 Å². The molecule has 0 saturated carbocycles. The van der Waals surface area contributed by atoms with Crippen molar-refractivity contribution in [3.05, 3.63) is 60.2 Å². The van der Waals surface area contributed by atoms with Crippen LogP contribution in [-0.4, -0.2) is 4.57 Å². The van der Waals surface area contributed by atoms with Crippen LogP contribution in [0.3, 0.4) is 0 Å². The van der Waals surface area contributed by atoms with Crippen molar-refractivity contribution < 1.29 is 0 Å². The fraction of sp³-hybridized carbons (Fsp3) is 0.217. The van der Waals surface area contributed by atoms with E-state index >= 15 is 0 Å². The molecule has 0 radical (unpaired) electrons. The van der Waals surface area contributed by atoms with Crippen LogP contribution in [0, 0.1) is 0 Å². The fourth-order valence-corrected chi connectivity index (χ4v) is 5.22. The van der Waals surface area contributed by atoms with Crippen molar-refractivity contribution in [1.82, 2.24) is 4.57 Å². The molecule has 5 rings (SSSR count). The number of rotatable bonds is 0. The van der Waals surface area contributed by atoms with Gasteiger partial charge in [0.05, 0.1) is 11.0 Å². The molecule has 2 heterocycles. The molecule has 0 bridgehead atoms. The Morgan fingerprint density at radius 1 is 0.760 bits per heavy atom. The molecule has 0 N–H and O–H groups in total. The number of benzene rings is 3. The maximum atomic E-state index is 2.40. The van der Waals surface area contributed by atoms with Crippen LogP contribution in [0.5, 0.6) is 0 Å². The molecule has 124 valence electrons. The van der Waals surface area contributed by atoms with E-state index in [4.69, 9.17) is 0 Å². The lowest BCUT2D eigenvalue weighted by molar-refractivity contribution is 0.593. The monoisotopic (exact) mass is 343 g/mol. The van der Waals surface area contributed by atoms with Gasteiger partial charge in [0.15, 0.2) is 0 Å². The molecule has 25 heavy (non-hydrogen) atoms. The Morgan fingerprint density at radius 2 is 1.52 bits per heavy atom. The molecule has 0 unspecified atom stereocenters. The lowest BCUT2D eigenvalue weighted by Gasteiger charge is -2.21. The minimum absolute atomic E-state index is 0.131. The van der Waals surface area contributed by atoms with Crippen molar-refractivity contribution >= 4 is 53.3 Å². The van der Waals surface area contributed by atoms with Crippen LogP contribution in [-0.2, 0) is 12.5 Å². The van der Waals surface area contributed by atoms with E-state index in [9.17, 15) is 0 Å². The van der Waals surface area contributed by atoms with E-state index in [-0.39, 0.29) is 5.41 Å². The highest BCUT2D eigenvalue weighted by molar-refractivity contribution is 7.25. The molecule has 2 aromatic heterocycles. The Morgan fingerprint density at radius 3 is 2.32 bits per heavy atom. The summed E-state index contributed by atoms with van der Waals surface area (Å²) in [6.07, 6.45) is 0. The Bertz CT molecular complexity index is 1280. The molecule has 3 aromatic carbocycles. The predicted octanol–water partition coefficient (Wildman–Crippen LogP) is 7.00. The standard InChI is InChI=1S/C23H21NS/c1-23(2,3)18-10-7-9-15-16-12-17-14-8-5-6-11-20(14)25-21(17)13-19(16)24(4)22(15)18/h5-13H,1-4H3. The minimum Gasteiger partial charge on any atom is -0.343 e. The first-order valence-corrected chi connectivity index (χ1v) is 9.60. The van der Waals surface area contributed by atoms with E-state index in [1.54, 1.807) is 0 Å². The molecular weight excluding hydrogens is 322 g/mol. The Kier molecular flexibility index (Phi) is 2.91. The largest absolute Gasteiger partial charge is 0.343 e. The first kappa shape index (κ1) is 15.0. The van der Waals surface area contributed by atoms with E-state index in [2.05, 4.69) is 87.0 Å². The zero-order valence-corrected chi connectivity index (χ0v) is 15.9. The van der Waals surface area contributed by atoms with E-state index in [1.807, 2.05) is 11.3 Å². The lowest BCUT2D eigenvalue weighted by atomic mass is 9.85. The quantitative estimate of drug-likeness (QED) is 0.285. The van der Waals surface area contributed by atoms with Crippen LogP contribution in [0.2, 0.25) is 0 Å². The summed E-state index contributed by atoms with van der Waals surface area (Å²) < 4.78 is 5.12. The Labute approximate surface area is 151 Å². The maximum Gasteiger partial charge on any atom is 0.0526 e. The van der Waals surface area contributed by atoms with Crippen LogP contribution in [0.15, 0.2) is 54.6 Å². The highest BCUT2D eigenvalue weighted by Crippen LogP contribution is 2.41. The normalized spacial score (nSPS) is 12.8. The van der Waals surface area contributed by atoms with Crippen LogP contribution in [0.25, 0.3) is 42.0 Å². The maximum absolute atomic E-state index is 2.40. The van der Waals surface area contributed by atoms with Crippen molar-refractivity contribution in [2.45, 2.75) is 26.2 Å². The summed E-state index contributed by atoms with van der Waals surface area (Å²) in [5.74, 6) is 0. The first-order chi connectivity index (χ1) is 11.9. The summed E-state index contributed by atoms with van der Waals surface area (Å²) in [6, 6.07) is 20.3. The fourth-order valence-electron chi connectivity index (χ4n) is 4.10. The molecule has 0 amide bonds. The van der Waals surface area contributed by atoms with Crippen molar-refractivity contribution in [1.29, 1.82) is 0 Å². The van der Waals surface area contributed by atoms with Gasteiger partial charge in [-0.1, -0.05) is 57.2 Å². The number of aryl methyl sites for hydroxylation is 1. The molecule has 0 saturated heterocycles. The van der Waals surface area contributed by atoms with Gasteiger partial charge < -0.3 is 4.57 Å². The number of aromatic nitrogens is 1. The third-order valence-electron chi connectivity index (χ3n) is 5.33. The third kappa shape index (κ3) is 2.01. The van der Waals surface area contributed by atoms with Gasteiger partial charge in [-0.05, 0) is 29.2 Å². The number of fused-ring (bicyclic) bond motifs is 6. The van der Waals surface area contributed by atoms with Crippen LogP contribution in [0.4, 0.5) is 0 Å². The molecule has 0 aliphatic carbocycles. The summed E-state index contributed by atoms with van der Waals surface area (Å²) in [4.78, 5) is 0. The predicted molar refractivity (Wildman–Crippen MR) is 112 cm³/mol. The van der Waals surface area contributed by atoms with Gasteiger partial charge in [0.2, 0.25) is 0 Å². The van der Waals surface area contributed by atoms with Crippen molar-refractivity contribution in [2.24, 2.45) is 7.05 Å². The number of nitrogens with zero attached hydrogens (tertiary/aromatic N) is 1. The number of thiophene rings is 1. The molecule has 0 atom stereocenters. The Balaban J connectivity index is 2.00. The van der Waals surface area contributed by atoms with E-state index < -0.39 is 0 Å². The van der Waals surface area contributed by atoms with Gasteiger partial charge in [0.1, 0.15) is 0 Å². The summed E-state index contributed by atoms with van der Waals surface area (Å²) in [6.45, 7) is 6.89. The molecule has 0 aliphatic rings. The van der Waals surface area contributed by atoms with Crippen molar-refractivity contribution in [2.75, 3.05) is 0 Å². The number of para-hydroxylation sites is 1. The Hall–Kier alpha value is -2.32. The smallest absolute Gasteiger partial charge is 0.0526 e. The number of hydrogen-bond acceptors (Lipinski definition) is 1. The van der Waals surface area contributed by atoms with Gasteiger partial charge in [-0.2, -0.15) is 0 Å². The highest BCUT2D eigenvalue weighted by Gasteiger charge is 2.21. The van der Waals surface area contributed by atoms with Crippen LogP contribution >= 0.6 is 11.3 Å². The van der Waals surface area contributed by atoms with Gasteiger partial charge in [-0.25, -0.2) is 0 Å². The zero-order valence-electron chi connectivity index (χ0n) is 15.1. The van der Waals surface area contributed by atoms with Gasteiger partial charge >= 0.3 is 0 Å². The van der Waals surface area contributed by atoms with E-state index in [0.717, 1.165) is 0 Å². The molecule has 1 nitrogen and oxygen atoms in total. The van der Waals surface area contributed by atoms with Crippen LogP contribution < -0.4 is 0 Å². The zero-order chi connectivity index (χ0) is 17.3. The first-order valence-electron chi connectivity index (χ1n) is 8.78. The minimum atomic E-state index is 0.131. The topological polar surface area (TPSA) is 4.93 Å². The van der Waals surface area contributed by atoms with Crippen molar-refractivity contribution in [3.63, 3.8) is 0 Å². The van der Waals surface area contributed by atoms with Gasteiger partial charge in [0, 0.05) is 38.0 Å². The lowest BCUT2D eigenvalue weighted by Crippen LogP contribution is -2.12. The molecule has 0 spiro atoms. The second-order valence-electron chi connectivity index (χ2n) is 7.97. The van der Waals surface area contributed by atoms with Gasteiger partial charge in [0.25, 0.3) is 0 Å². The van der Waals surface area contributed by atoms with Gasteiger partial charge in [-0.15, -0.1) is 11.3 Å².